The van der Waals surface area contributed by atoms with Crippen LogP contribution in [-0.2, 0) is 32.7 Å². The van der Waals surface area contributed by atoms with Gasteiger partial charge in [0.25, 0.3) is 0 Å². The fraction of sp³-hybridized carbons (Fsp3) is 0.750. The summed E-state index contributed by atoms with van der Waals surface area (Å²) >= 11 is 0. The molecule has 0 aliphatic rings. The van der Waals surface area contributed by atoms with E-state index in [1.807, 2.05) is 6.08 Å². The number of hydrogen-bond donors (Lipinski definition) is 1. The molecule has 3 radical (unpaired) electrons. The molecule has 0 saturated heterocycles. The van der Waals surface area contributed by atoms with Crippen LogP contribution in [0.5, 0.6) is 0 Å². The van der Waals surface area contributed by atoms with Gasteiger partial charge in [-0.25, -0.2) is 0 Å². The maximum Gasteiger partial charge on any atom is 0.0653 e. The van der Waals surface area contributed by atoms with E-state index in [1.165, 1.54) is 6.42 Å². The van der Waals surface area contributed by atoms with Crippen LogP contribution in [0.15, 0.2) is 12.7 Å². The van der Waals surface area contributed by atoms with Gasteiger partial charge in [-0.05, 0) is 12.3 Å². The minimum Gasteiger partial charge on any atom is -0.400 e. The minimum atomic E-state index is 0. The van der Waals surface area contributed by atoms with Gasteiger partial charge in [0.15, 0.2) is 0 Å². The van der Waals surface area contributed by atoms with Crippen molar-refractivity contribution in [2.24, 2.45) is 5.92 Å². The summed E-state index contributed by atoms with van der Waals surface area (Å²) in [5, 5.41) is 7.00. The Balaban J connectivity index is -0.000000196. The molecule has 0 amide bonds. The van der Waals surface area contributed by atoms with Crippen LogP contribution in [0.3, 0.4) is 0 Å². The molecule has 0 aromatic heterocycles. The van der Waals surface area contributed by atoms with E-state index >= 15 is 0 Å². The van der Waals surface area contributed by atoms with E-state index in [-0.39, 0.29) is 32.7 Å². The molecule has 0 aromatic rings. The molecule has 1 atom stereocenters. The molecule has 1 nitrogen and oxygen atoms in total. The number of rotatable bonds is 4. The van der Waals surface area contributed by atoms with Crippen molar-refractivity contribution in [3.63, 3.8) is 0 Å². The van der Waals surface area contributed by atoms with Crippen molar-refractivity contribution in [3.8, 4) is 0 Å². The van der Waals surface area contributed by atoms with Crippen molar-refractivity contribution >= 4 is 7.85 Å². The molecule has 0 bridgehead atoms. The van der Waals surface area contributed by atoms with E-state index in [4.69, 9.17) is 13.0 Å². The third-order valence-electron chi connectivity index (χ3n) is 1.40. The van der Waals surface area contributed by atoms with Crippen molar-refractivity contribution < 1.29 is 37.8 Å². The summed E-state index contributed by atoms with van der Waals surface area (Å²) in [6, 6.07) is 0. The van der Waals surface area contributed by atoms with Gasteiger partial charge in [0.05, 0.1) is 7.85 Å². The zero-order valence-corrected chi connectivity index (χ0v) is 10.4. The molecule has 0 saturated carbocycles. The zero-order valence-electron chi connectivity index (χ0n) is 7.59. The predicted octanol–water partition coefficient (Wildman–Crippen LogP) is 1.78. The molecule has 0 spiro atoms. The van der Waals surface area contributed by atoms with Crippen LogP contribution in [0.1, 0.15) is 19.8 Å². The van der Waals surface area contributed by atoms with Crippen molar-refractivity contribution in [2.75, 3.05) is 7.11 Å². The second-order valence-electron chi connectivity index (χ2n) is 1.98. The second kappa shape index (κ2) is 17.1. The molecule has 0 rings (SSSR count). The first-order chi connectivity index (χ1) is 4.85. The zero-order chi connectivity index (χ0) is 8.41. The van der Waals surface area contributed by atoms with Gasteiger partial charge in [0, 0.05) is 39.8 Å². The van der Waals surface area contributed by atoms with Gasteiger partial charge in [-0.2, -0.15) is 0 Å². The average Bonchev–Trinajstić information content (AvgIpc) is 2.04. The van der Waals surface area contributed by atoms with Crippen LogP contribution in [0, 0.1) is 5.92 Å². The van der Waals surface area contributed by atoms with Gasteiger partial charge in [0.1, 0.15) is 0 Å². The molecule has 11 heavy (non-hydrogen) atoms. The summed E-state index contributed by atoms with van der Waals surface area (Å²) in [5.41, 5.74) is 0. The molecule has 0 aliphatic carbocycles. The monoisotopic (exact) mass is 229 g/mol. The number of aliphatic hydroxyl groups excluding tert-OH is 1. The third kappa shape index (κ3) is 13.8. The summed E-state index contributed by atoms with van der Waals surface area (Å²) in [4.78, 5) is 0. The van der Waals surface area contributed by atoms with Crippen molar-refractivity contribution in [1.29, 1.82) is 0 Å². The van der Waals surface area contributed by atoms with Gasteiger partial charge in [0.2, 0.25) is 0 Å². The molecule has 1 unspecified atom stereocenters. The van der Waals surface area contributed by atoms with E-state index in [1.54, 1.807) is 0 Å². The van der Waals surface area contributed by atoms with Crippen LogP contribution >= 0.6 is 0 Å². The van der Waals surface area contributed by atoms with Gasteiger partial charge in [-0.1, -0.05) is 25.7 Å². The SMILES string of the molecule is CO.[B]CCC(C=C)CC.[Y]. The fourth-order valence-corrected chi connectivity index (χ4v) is 0.703. The number of hydrogen-bond acceptors (Lipinski definition) is 1. The Morgan fingerprint density at radius 2 is 2.00 bits per heavy atom. The standard InChI is InChI=1S/C7H13B.CH4O.Y/c1-3-7(4-2)5-6-8;1-2;/h3,7H,1,4-6H2,2H3;2H,1H3;. The van der Waals surface area contributed by atoms with E-state index in [0.717, 1.165) is 19.9 Å². The van der Waals surface area contributed by atoms with Crippen LogP contribution in [0.2, 0.25) is 6.32 Å². The first kappa shape index (κ1) is 17.8. The number of aliphatic hydroxyl groups is 1. The molecule has 3 heteroatoms. The van der Waals surface area contributed by atoms with Crippen LogP contribution in [-0.4, -0.2) is 20.1 Å². The molecule has 0 heterocycles. The Labute approximate surface area is 96.9 Å². The molecular formula is C8H17BOY. The molecular weight excluding hydrogens is 212 g/mol. The largest absolute Gasteiger partial charge is 0.400 e. The molecule has 1 N–H and O–H groups in total. The fourth-order valence-electron chi connectivity index (χ4n) is 0.703. The summed E-state index contributed by atoms with van der Waals surface area (Å²) in [6.45, 7) is 5.85. The number of allylic oxidation sites excluding steroid dienone is 1. The maximum absolute atomic E-state index is 7.00. The Hall–Kier alpha value is 0.869. The van der Waals surface area contributed by atoms with Crippen LogP contribution in [0.4, 0.5) is 0 Å². The maximum atomic E-state index is 7.00. The van der Waals surface area contributed by atoms with Crippen LogP contribution in [0.25, 0.3) is 0 Å². The van der Waals surface area contributed by atoms with Crippen molar-refractivity contribution in [3.05, 3.63) is 12.7 Å². The van der Waals surface area contributed by atoms with E-state index < -0.39 is 0 Å². The third-order valence-corrected chi connectivity index (χ3v) is 1.40. The Kier molecular flexibility index (Phi) is 27.7. The van der Waals surface area contributed by atoms with Gasteiger partial charge >= 0.3 is 0 Å². The van der Waals surface area contributed by atoms with Crippen molar-refractivity contribution in [1.82, 2.24) is 0 Å². The molecule has 0 fully saturated rings. The summed E-state index contributed by atoms with van der Waals surface area (Å²) in [7, 11) is 6.33. The van der Waals surface area contributed by atoms with Gasteiger partial charge in [-0.3, -0.25) is 0 Å². The summed E-state index contributed by atoms with van der Waals surface area (Å²) in [5.74, 6) is 0.639. The minimum absolute atomic E-state index is 0. The molecule has 0 aliphatic heterocycles. The quantitative estimate of drug-likeness (QED) is 0.575. The van der Waals surface area contributed by atoms with E-state index in [9.17, 15) is 0 Å². The Bertz CT molecular complexity index is 69.1. The smallest absolute Gasteiger partial charge is 0.0653 e. The summed E-state index contributed by atoms with van der Waals surface area (Å²) < 4.78 is 0. The Morgan fingerprint density at radius 1 is 1.55 bits per heavy atom. The van der Waals surface area contributed by atoms with E-state index in [0.29, 0.717) is 5.92 Å². The van der Waals surface area contributed by atoms with Crippen molar-refractivity contribution in [2.45, 2.75) is 26.1 Å². The van der Waals surface area contributed by atoms with E-state index in [2.05, 4.69) is 13.5 Å². The average molecular weight is 229 g/mol. The predicted molar refractivity (Wildman–Crippen MR) is 47.3 cm³/mol. The van der Waals surface area contributed by atoms with Gasteiger partial charge < -0.3 is 5.11 Å². The summed E-state index contributed by atoms with van der Waals surface area (Å²) in [6.07, 6.45) is 5.01. The first-order valence-corrected chi connectivity index (χ1v) is 3.62. The molecule has 61 valence electrons. The first-order valence-electron chi connectivity index (χ1n) is 3.62. The Morgan fingerprint density at radius 3 is 2.09 bits per heavy atom. The van der Waals surface area contributed by atoms with Crippen LogP contribution < -0.4 is 0 Å². The van der Waals surface area contributed by atoms with Gasteiger partial charge in [-0.15, -0.1) is 6.58 Å². The normalized spacial score (nSPS) is 10.1. The second-order valence-corrected chi connectivity index (χ2v) is 1.98. The topological polar surface area (TPSA) is 20.2 Å². The molecule has 0 aromatic carbocycles.